The Kier molecular flexibility index (Phi) is 35.1. The zero-order valence-electron chi connectivity index (χ0n) is 85.9. The van der Waals surface area contributed by atoms with Crippen molar-refractivity contribution in [3.63, 3.8) is 0 Å². The van der Waals surface area contributed by atoms with Gasteiger partial charge in [0.1, 0.15) is 0 Å². The molecule has 1 atom stereocenters. The molecular formula is C122H162O2S. The molecular weight excluding hydrogens is 1530 g/mol. The summed E-state index contributed by atoms with van der Waals surface area (Å²) >= 11 is 0. The highest BCUT2D eigenvalue weighted by molar-refractivity contribution is 7.92. The van der Waals surface area contributed by atoms with Crippen LogP contribution in [0.15, 0.2) is 131 Å². The zero-order chi connectivity index (χ0) is 93.8. The molecule has 2 nitrogen and oxygen atoms in total. The van der Waals surface area contributed by atoms with Crippen molar-refractivity contribution < 1.29 is 8.42 Å². The summed E-state index contributed by atoms with van der Waals surface area (Å²) in [5, 5.41) is 0. The first kappa shape index (κ1) is 104. The molecule has 0 aromatic heterocycles. The number of rotatable bonds is 6. The third kappa shape index (κ3) is 21.6. The van der Waals surface area contributed by atoms with E-state index in [2.05, 4.69) is 360 Å². The predicted octanol–water partition coefficient (Wildman–Crippen LogP) is 34.1. The van der Waals surface area contributed by atoms with Crippen LogP contribution < -0.4 is 0 Å². The highest BCUT2D eigenvalue weighted by Gasteiger charge is 2.45. The molecule has 125 heavy (non-hydrogen) atoms. The van der Waals surface area contributed by atoms with E-state index in [0.29, 0.717) is 9.79 Å². The van der Waals surface area contributed by atoms with Gasteiger partial charge in [-0.3, -0.25) is 0 Å². The van der Waals surface area contributed by atoms with Crippen LogP contribution >= 0.6 is 0 Å². The number of hydrogen-bond acceptors (Lipinski definition) is 2. The maximum Gasteiger partial charge on any atom is 0.207 e. The quantitative estimate of drug-likeness (QED) is 0.166. The summed E-state index contributed by atoms with van der Waals surface area (Å²) in [5.41, 5.74) is 70.0. The third-order valence-corrected chi connectivity index (χ3v) is 32.9. The van der Waals surface area contributed by atoms with Gasteiger partial charge in [0, 0.05) is 16.5 Å². The average molecular weight is 1690 g/mol. The Balaban J connectivity index is 0.000000227. The van der Waals surface area contributed by atoms with Crippen molar-refractivity contribution in [2.75, 3.05) is 0 Å². The molecule has 0 radical (unpaired) electrons. The molecule has 0 N–H and O–H groups in total. The molecule has 1 unspecified atom stereocenters. The molecule has 1 heterocycles. The fourth-order valence-electron chi connectivity index (χ4n) is 19.0. The molecule has 1 aliphatic heterocycles. The van der Waals surface area contributed by atoms with Crippen molar-refractivity contribution in [2.45, 2.75) is 352 Å². The van der Waals surface area contributed by atoms with Crippen LogP contribution in [0, 0.1) is 270 Å². The van der Waals surface area contributed by atoms with E-state index in [-0.39, 0.29) is 18.3 Å². The second-order valence-electron chi connectivity index (χ2n) is 38.2. The Morgan fingerprint density at radius 2 is 0.456 bits per heavy atom. The molecule has 3 heteroatoms. The minimum Gasteiger partial charge on any atom is -0.218 e. The number of benzene rings is 12. The van der Waals surface area contributed by atoms with E-state index in [1.54, 1.807) is 12.1 Å². The van der Waals surface area contributed by atoms with Crippen molar-refractivity contribution in [1.29, 1.82) is 0 Å². The normalized spacial score (nSPS) is 13.3. The third-order valence-electron chi connectivity index (χ3n) is 31.1. The Bertz CT molecular complexity index is 5470. The highest BCUT2D eigenvalue weighted by Crippen LogP contribution is 2.53. The summed E-state index contributed by atoms with van der Waals surface area (Å²) in [4.78, 5) is 0.909. The Morgan fingerprint density at radius 3 is 0.704 bits per heavy atom. The number of sulfone groups is 1. The van der Waals surface area contributed by atoms with Crippen LogP contribution in [0.1, 0.15) is 304 Å². The van der Waals surface area contributed by atoms with Gasteiger partial charge in [-0.2, -0.15) is 0 Å². The van der Waals surface area contributed by atoms with E-state index >= 15 is 0 Å². The number of hydrogen-bond donors (Lipinski definition) is 0. The summed E-state index contributed by atoms with van der Waals surface area (Å²) in [6, 6.07) is 43.1. The van der Waals surface area contributed by atoms with Crippen LogP contribution in [0.2, 0.25) is 0 Å². The maximum atomic E-state index is 12.6. The van der Waals surface area contributed by atoms with Crippen LogP contribution in [-0.4, -0.2) is 8.42 Å². The largest absolute Gasteiger partial charge is 0.218 e. The topological polar surface area (TPSA) is 34.1 Å². The second kappa shape index (κ2) is 42.0. The predicted molar refractivity (Wildman–Crippen MR) is 553 cm³/mol. The Labute approximate surface area is 764 Å². The lowest BCUT2D eigenvalue weighted by Gasteiger charge is -2.28. The summed E-state index contributed by atoms with van der Waals surface area (Å²) in [5.74, 6) is 0. The summed E-state index contributed by atoms with van der Waals surface area (Å²) < 4.78 is 25.2. The standard InChI is InChI=1S/C23H32.C22H30.C19H22.C16H16O2S.C15H16.2C12H18.C2H6.CH4/c1-12-14(3)18(7)22(19(8)15(12)4)11-23-20(9)16(5)13(2)17(6)21(23)10;1-11-13(3)17(7)21(18(8)14(11)4)22-19(9)15(5)12(2)16(6)20(22)10;1-14-9-11-15(12-10-14)19(4)13-18(2,3)16-7-5-6-8-17(16)19;1-9-5-13-14-6-10(2)12(4)8-16(14)19(17,18)15(13)7-11(9)3;1-12-3-7-14(8-4-12)11-15-9-5-13(2)6-10-15;2*1-7-8(2)10(4)12(6)11(5)9(7)3;1-2;/h11H2,1-10H3;1-10H3;5-12H,13H2,1-4H3;5-8H,1-4H3;3-10H,11H2,1-2H3;2*1-6H3;1-2H3;1H4. The highest BCUT2D eigenvalue weighted by atomic mass is 32.2. The van der Waals surface area contributed by atoms with E-state index in [4.69, 9.17) is 0 Å². The molecule has 0 saturated carbocycles. The first-order chi connectivity index (χ1) is 57.6. The van der Waals surface area contributed by atoms with Crippen molar-refractivity contribution in [1.82, 2.24) is 0 Å². The minimum atomic E-state index is -3.34. The molecule has 0 bridgehead atoms. The van der Waals surface area contributed by atoms with Gasteiger partial charge in [-0.15, -0.1) is 0 Å². The van der Waals surface area contributed by atoms with Gasteiger partial charge in [0.15, 0.2) is 0 Å². The molecule has 12 aromatic rings. The van der Waals surface area contributed by atoms with Gasteiger partial charge in [0.05, 0.1) is 9.79 Å². The van der Waals surface area contributed by atoms with Gasteiger partial charge in [-0.05, 0) is 569 Å². The molecule has 0 saturated heterocycles. The fraction of sp³-hybridized carbons (Fsp3) is 0.410. The van der Waals surface area contributed by atoms with Gasteiger partial charge < -0.3 is 0 Å². The Hall–Kier alpha value is -9.41. The number of aryl methyl sites for hydroxylation is 7. The van der Waals surface area contributed by atoms with Gasteiger partial charge in [-0.1, -0.05) is 156 Å². The van der Waals surface area contributed by atoms with Crippen molar-refractivity contribution in [3.8, 4) is 22.3 Å². The summed E-state index contributed by atoms with van der Waals surface area (Å²) in [6.07, 6.45) is 3.27. The summed E-state index contributed by atoms with van der Waals surface area (Å²) in [7, 11) is -3.34. The molecule has 0 amide bonds. The minimum absolute atomic E-state index is 0. The van der Waals surface area contributed by atoms with E-state index in [1.165, 1.54) is 251 Å². The van der Waals surface area contributed by atoms with E-state index in [1.807, 2.05) is 53.7 Å². The van der Waals surface area contributed by atoms with E-state index in [9.17, 15) is 8.42 Å². The van der Waals surface area contributed by atoms with Gasteiger partial charge in [0.25, 0.3) is 0 Å². The second-order valence-corrected chi connectivity index (χ2v) is 40.1. The monoisotopic (exact) mass is 1690 g/mol. The van der Waals surface area contributed by atoms with Crippen molar-refractivity contribution >= 4 is 9.84 Å². The first-order valence-electron chi connectivity index (χ1n) is 45.7. The lowest BCUT2D eigenvalue weighted by Crippen LogP contribution is -2.23. The van der Waals surface area contributed by atoms with Gasteiger partial charge in [-0.25, -0.2) is 8.42 Å². The smallest absolute Gasteiger partial charge is 0.207 e. The molecule has 12 aromatic carbocycles. The molecule has 0 fully saturated rings. The molecule has 668 valence electrons. The van der Waals surface area contributed by atoms with E-state index in [0.717, 1.165) is 46.2 Å². The lowest BCUT2D eigenvalue weighted by atomic mass is 9.75. The average Bonchev–Trinajstić information content (AvgIpc) is 1.61. The van der Waals surface area contributed by atoms with Crippen molar-refractivity contribution in [2.24, 2.45) is 0 Å². The van der Waals surface area contributed by atoms with E-state index < -0.39 is 9.84 Å². The van der Waals surface area contributed by atoms with Crippen molar-refractivity contribution in [3.05, 3.63) is 377 Å². The van der Waals surface area contributed by atoms with Crippen LogP contribution in [-0.2, 0) is 33.5 Å². The zero-order valence-corrected chi connectivity index (χ0v) is 86.7. The van der Waals surface area contributed by atoms with Gasteiger partial charge in [0.2, 0.25) is 9.84 Å². The molecule has 0 spiro atoms. The maximum absolute atomic E-state index is 12.6. The van der Waals surface area contributed by atoms with Crippen LogP contribution in [0.4, 0.5) is 0 Å². The van der Waals surface area contributed by atoms with Crippen LogP contribution in [0.5, 0.6) is 0 Å². The molecule has 1 aliphatic carbocycles. The Morgan fingerprint density at radius 1 is 0.248 bits per heavy atom. The molecule has 14 rings (SSSR count). The molecule has 2 aliphatic rings. The summed E-state index contributed by atoms with van der Waals surface area (Å²) in [6.45, 7) is 97.5. The number of fused-ring (bicyclic) bond motifs is 4. The fourth-order valence-corrected chi connectivity index (χ4v) is 20.8. The van der Waals surface area contributed by atoms with Crippen LogP contribution in [0.3, 0.4) is 0 Å². The first-order valence-corrected chi connectivity index (χ1v) is 47.2. The van der Waals surface area contributed by atoms with Gasteiger partial charge >= 0.3 is 0 Å². The van der Waals surface area contributed by atoms with Crippen LogP contribution in [0.25, 0.3) is 22.3 Å². The lowest BCUT2D eigenvalue weighted by molar-refractivity contribution is 0.425. The SMILES string of the molecule is C.CC.Cc1c(C)c(C)c(-c2c(C)c(C)c(C)c(C)c2C)c(C)c1C.Cc1c(C)c(C)c(C)c(C)c1C.Cc1c(C)c(C)c(C)c(C)c1C.Cc1c(C)c(C)c(Cc2c(C)c(C)c(C)c(C)c2C)c(C)c1C.Cc1cc2c(cc1C)S(=O)(=O)c1cc(C)c(C)cc1-2.Cc1ccc(C2(C)CC(C)(C)c3ccccc32)cc1.Cc1ccc(Cc2ccc(C)cc2)cc1.